The van der Waals surface area contributed by atoms with Crippen LogP contribution in [-0.2, 0) is 21.9 Å². The van der Waals surface area contributed by atoms with Crippen LogP contribution in [0.5, 0.6) is 0 Å². The van der Waals surface area contributed by atoms with Gasteiger partial charge >= 0.3 is 0 Å². The van der Waals surface area contributed by atoms with Crippen molar-refractivity contribution < 1.29 is 13.2 Å². The SMILES string of the molecule is Cc1c(S(=O)(=O)N2CCC[C@H](C(=O)N3CCCCCC3)C2)cnn1C. The summed E-state index contributed by atoms with van der Waals surface area (Å²) in [5.74, 6) is -0.0942. The zero-order valence-corrected chi connectivity index (χ0v) is 16.0. The molecule has 7 nitrogen and oxygen atoms in total. The molecule has 0 spiro atoms. The Morgan fingerprint density at radius 2 is 1.80 bits per heavy atom. The van der Waals surface area contributed by atoms with Gasteiger partial charge in [0.2, 0.25) is 15.9 Å². The van der Waals surface area contributed by atoms with Crippen LogP contribution in [0.4, 0.5) is 0 Å². The second-order valence-corrected chi connectivity index (χ2v) is 9.07. The topological polar surface area (TPSA) is 75.5 Å². The molecule has 1 aromatic rings. The standard InChI is InChI=1S/C17H28N4O3S/c1-14-16(12-18-19(14)2)25(23,24)21-11-7-8-15(13-21)17(22)20-9-5-3-4-6-10-20/h12,15H,3-11,13H2,1-2H3/t15-/m0/s1. The largest absolute Gasteiger partial charge is 0.342 e. The van der Waals surface area contributed by atoms with E-state index < -0.39 is 10.0 Å². The molecule has 2 aliphatic rings. The molecular weight excluding hydrogens is 340 g/mol. The van der Waals surface area contributed by atoms with Gasteiger partial charge in [0.15, 0.2) is 0 Å². The Kier molecular flexibility index (Phi) is 5.48. The summed E-state index contributed by atoms with van der Waals surface area (Å²) < 4.78 is 29.0. The van der Waals surface area contributed by atoms with Crippen LogP contribution in [0.2, 0.25) is 0 Å². The molecule has 0 aromatic carbocycles. The van der Waals surface area contributed by atoms with Crippen LogP contribution in [0.3, 0.4) is 0 Å². The first kappa shape index (κ1) is 18.4. The number of aryl methyl sites for hydroxylation is 1. The number of amides is 1. The first-order valence-corrected chi connectivity index (χ1v) is 10.6. The van der Waals surface area contributed by atoms with E-state index in [1.807, 2.05) is 4.90 Å². The summed E-state index contributed by atoms with van der Waals surface area (Å²) in [6.45, 7) is 4.13. The molecule has 1 atom stereocenters. The average molecular weight is 369 g/mol. The second kappa shape index (κ2) is 7.45. The van der Waals surface area contributed by atoms with Gasteiger partial charge in [0.25, 0.3) is 0 Å². The Morgan fingerprint density at radius 3 is 2.40 bits per heavy atom. The fraction of sp³-hybridized carbons (Fsp3) is 0.765. The predicted octanol–water partition coefficient (Wildman–Crippen LogP) is 1.53. The van der Waals surface area contributed by atoms with Gasteiger partial charge < -0.3 is 4.90 Å². The van der Waals surface area contributed by atoms with Crippen molar-refractivity contribution in [1.82, 2.24) is 19.0 Å². The number of piperidine rings is 1. The number of carbonyl (C=O) groups excluding carboxylic acids is 1. The van der Waals surface area contributed by atoms with Gasteiger partial charge in [-0.1, -0.05) is 12.8 Å². The van der Waals surface area contributed by atoms with E-state index in [0.29, 0.717) is 12.2 Å². The lowest BCUT2D eigenvalue weighted by molar-refractivity contribution is -0.136. The second-order valence-electron chi connectivity index (χ2n) is 7.16. The highest BCUT2D eigenvalue weighted by Crippen LogP contribution is 2.27. The third kappa shape index (κ3) is 3.74. The number of hydrogen-bond donors (Lipinski definition) is 0. The summed E-state index contributed by atoms with van der Waals surface area (Å²) in [5, 5.41) is 4.05. The van der Waals surface area contributed by atoms with Crippen molar-refractivity contribution in [2.75, 3.05) is 26.2 Å². The summed E-state index contributed by atoms with van der Waals surface area (Å²) in [4.78, 5) is 15.1. The Bertz CT molecular complexity index is 720. The van der Waals surface area contributed by atoms with Crippen LogP contribution in [0.1, 0.15) is 44.2 Å². The molecule has 2 aliphatic heterocycles. The molecule has 2 fully saturated rings. The van der Waals surface area contributed by atoms with Crippen LogP contribution >= 0.6 is 0 Å². The molecule has 0 N–H and O–H groups in total. The van der Waals surface area contributed by atoms with E-state index in [1.54, 1.807) is 18.7 Å². The minimum atomic E-state index is -3.60. The average Bonchev–Trinajstić information content (AvgIpc) is 2.82. The molecule has 0 radical (unpaired) electrons. The molecule has 3 rings (SSSR count). The number of hydrogen-bond acceptors (Lipinski definition) is 4. The molecule has 8 heteroatoms. The van der Waals surface area contributed by atoms with Crippen molar-refractivity contribution in [3.05, 3.63) is 11.9 Å². The van der Waals surface area contributed by atoms with Crippen LogP contribution in [0, 0.1) is 12.8 Å². The molecule has 0 unspecified atom stereocenters. The van der Waals surface area contributed by atoms with E-state index in [0.717, 1.165) is 38.8 Å². The van der Waals surface area contributed by atoms with Crippen molar-refractivity contribution in [2.24, 2.45) is 13.0 Å². The van der Waals surface area contributed by atoms with Gasteiger partial charge in [-0.2, -0.15) is 9.40 Å². The number of nitrogens with zero attached hydrogens (tertiary/aromatic N) is 4. The predicted molar refractivity (Wildman–Crippen MR) is 94.5 cm³/mol. The van der Waals surface area contributed by atoms with Crippen molar-refractivity contribution in [1.29, 1.82) is 0 Å². The molecule has 0 bridgehead atoms. The Labute approximate surface area is 150 Å². The highest BCUT2D eigenvalue weighted by Gasteiger charge is 2.36. The van der Waals surface area contributed by atoms with Gasteiger partial charge in [0, 0.05) is 33.2 Å². The number of carbonyl (C=O) groups is 1. The zero-order valence-electron chi connectivity index (χ0n) is 15.1. The van der Waals surface area contributed by atoms with Crippen molar-refractivity contribution in [3.8, 4) is 0 Å². The maximum Gasteiger partial charge on any atom is 0.246 e. The van der Waals surface area contributed by atoms with E-state index in [-0.39, 0.29) is 23.3 Å². The van der Waals surface area contributed by atoms with Crippen molar-refractivity contribution >= 4 is 15.9 Å². The first-order valence-electron chi connectivity index (χ1n) is 9.19. The van der Waals surface area contributed by atoms with E-state index in [9.17, 15) is 13.2 Å². The Balaban J connectivity index is 1.74. The maximum absolute atomic E-state index is 13.0. The Hall–Kier alpha value is -1.41. The molecule has 140 valence electrons. The smallest absolute Gasteiger partial charge is 0.246 e. The molecule has 25 heavy (non-hydrogen) atoms. The molecular formula is C17H28N4O3S. The minimum Gasteiger partial charge on any atom is -0.342 e. The number of rotatable bonds is 3. The highest BCUT2D eigenvalue weighted by atomic mass is 32.2. The van der Waals surface area contributed by atoms with Gasteiger partial charge in [0.1, 0.15) is 4.90 Å². The first-order chi connectivity index (χ1) is 11.9. The molecule has 2 saturated heterocycles. The summed E-state index contributed by atoms with van der Waals surface area (Å²) in [7, 11) is -1.86. The summed E-state index contributed by atoms with van der Waals surface area (Å²) in [6, 6.07) is 0. The normalized spacial score (nSPS) is 23.4. The fourth-order valence-electron chi connectivity index (χ4n) is 3.78. The molecule has 0 aliphatic carbocycles. The van der Waals surface area contributed by atoms with E-state index in [4.69, 9.17) is 0 Å². The lowest BCUT2D eigenvalue weighted by atomic mass is 9.98. The number of aromatic nitrogens is 2. The van der Waals surface area contributed by atoms with E-state index in [1.165, 1.54) is 23.3 Å². The van der Waals surface area contributed by atoms with Crippen LogP contribution < -0.4 is 0 Å². The number of sulfonamides is 1. The van der Waals surface area contributed by atoms with Gasteiger partial charge in [-0.05, 0) is 32.6 Å². The quantitative estimate of drug-likeness (QED) is 0.811. The summed E-state index contributed by atoms with van der Waals surface area (Å²) in [5.41, 5.74) is 0.626. The molecule has 0 saturated carbocycles. The minimum absolute atomic E-state index is 0.129. The van der Waals surface area contributed by atoms with Gasteiger partial charge in [-0.3, -0.25) is 9.48 Å². The summed E-state index contributed by atoms with van der Waals surface area (Å²) >= 11 is 0. The van der Waals surface area contributed by atoms with Crippen molar-refractivity contribution in [2.45, 2.75) is 50.3 Å². The highest BCUT2D eigenvalue weighted by molar-refractivity contribution is 7.89. The van der Waals surface area contributed by atoms with Gasteiger partial charge in [-0.15, -0.1) is 0 Å². The van der Waals surface area contributed by atoms with E-state index >= 15 is 0 Å². The third-order valence-electron chi connectivity index (χ3n) is 5.46. The van der Waals surface area contributed by atoms with Crippen molar-refractivity contribution in [3.63, 3.8) is 0 Å². The lowest BCUT2D eigenvalue weighted by Gasteiger charge is -2.34. The van der Waals surface area contributed by atoms with E-state index in [2.05, 4.69) is 5.10 Å². The molecule has 3 heterocycles. The lowest BCUT2D eigenvalue weighted by Crippen LogP contribution is -2.47. The van der Waals surface area contributed by atoms with Gasteiger partial charge in [-0.25, -0.2) is 8.42 Å². The Morgan fingerprint density at radius 1 is 1.12 bits per heavy atom. The van der Waals surface area contributed by atoms with Crippen LogP contribution in [0.25, 0.3) is 0 Å². The maximum atomic E-state index is 13.0. The monoisotopic (exact) mass is 368 g/mol. The van der Waals surface area contributed by atoms with Gasteiger partial charge in [0.05, 0.1) is 17.8 Å². The fourth-order valence-corrected chi connectivity index (χ4v) is 5.49. The summed E-state index contributed by atoms with van der Waals surface area (Å²) in [6.07, 6.45) is 7.36. The third-order valence-corrected chi connectivity index (χ3v) is 7.43. The molecule has 1 amide bonds. The van der Waals surface area contributed by atoms with Crippen LogP contribution in [0.15, 0.2) is 11.1 Å². The zero-order chi connectivity index (χ0) is 18.0. The van der Waals surface area contributed by atoms with Crippen LogP contribution in [-0.4, -0.2) is 59.5 Å². The number of likely N-dealkylation sites (tertiary alicyclic amines) is 1. The molecule has 1 aromatic heterocycles.